The summed E-state index contributed by atoms with van der Waals surface area (Å²) in [5, 5.41) is 2.85. The summed E-state index contributed by atoms with van der Waals surface area (Å²) in [4.78, 5) is 16.1. The highest BCUT2D eigenvalue weighted by molar-refractivity contribution is 5.68. The normalized spacial score (nSPS) is 23.9. The summed E-state index contributed by atoms with van der Waals surface area (Å²) in [6.07, 6.45) is 4.29. The largest absolute Gasteiger partial charge is 0.444 e. The quantitative estimate of drug-likeness (QED) is 0.931. The molecule has 0 saturated carbocycles. The molecule has 6 nitrogen and oxygen atoms in total. The van der Waals surface area contributed by atoms with Crippen LogP contribution in [0.4, 0.5) is 4.79 Å². The molecule has 2 unspecified atom stereocenters. The van der Waals surface area contributed by atoms with Gasteiger partial charge in [0.25, 0.3) is 0 Å². The first-order valence-corrected chi connectivity index (χ1v) is 7.41. The third-order valence-electron chi connectivity index (χ3n) is 3.57. The number of hydrogen-bond donors (Lipinski definition) is 1. The minimum Gasteiger partial charge on any atom is -0.444 e. The molecule has 6 heteroatoms. The number of nitrogens with one attached hydrogen (secondary N) is 1. The highest BCUT2D eigenvalue weighted by Crippen LogP contribution is 2.28. The molecular weight excluding hydrogens is 270 g/mol. The smallest absolute Gasteiger partial charge is 0.408 e. The van der Waals surface area contributed by atoms with Crippen molar-refractivity contribution in [3.8, 4) is 0 Å². The van der Waals surface area contributed by atoms with Crippen molar-refractivity contribution in [2.45, 2.75) is 64.8 Å². The van der Waals surface area contributed by atoms with Gasteiger partial charge in [0.15, 0.2) is 0 Å². The van der Waals surface area contributed by atoms with Crippen molar-refractivity contribution in [2.24, 2.45) is 0 Å². The van der Waals surface area contributed by atoms with Crippen LogP contribution < -0.4 is 5.32 Å². The van der Waals surface area contributed by atoms with E-state index in [9.17, 15) is 4.79 Å². The Balaban J connectivity index is 2.05. The lowest BCUT2D eigenvalue weighted by atomic mass is 10.1. The molecule has 0 aromatic carbocycles. The average molecular weight is 295 g/mol. The van der Waals surface area contributed by atoms with E-state index in [2.05, 4.69) is 21.8 Å². The predicted molar refractivity (Wildman–Crippen MR) is 79.1 cm³/mol. The lowest BCUT2D eigenvalue weighted by Crippen LogP contribution is -2.35. The van der Waals surface area contributed by atoms with Gasteiger partial charge < -0.3 is 19.4 Å². The van der Waals surface area contributed by atoms with E-state index in [1.807, 2.05) is 27.7 Å². The monoisotopic (exact) mass is 295 g/mol. The Hall–Kier alpha value is -1.56. The zero-order chi connectivity index (χ0) is 15.6. The first-order valence-electron chi connectivity index (χ1n) is 7.41. The molecule has 1 aliphatic heterocycles. The summed E-state index contributed by atoms with van der Waals surface area (Å²) in [7, 11) is 0. The summed E-state index contributed by atoms with van der Waals surface area (Å²) < 4.78 is 13.0. The lowest BCUT2D eigenvalue weighted by molar-refractivity contribution is 0.0505. The minimum absolute atomic E-state index is 0.159. The van der Waals surface area contributed by atoms with E-state index in [0.717, 1.165) is 18.7 Å². The lowest BCUT2D eigenvalue weighted by Gasteiger charge is -2.24. The summed E-state index contributed by atoms with van der Waals surface area (Å²) in [6, 6.07) is 0.0977. The molecule has 1 saturated heterocycles. The number of ether oxygens (including phenoxy) is 2. The van der Waals surface area contributed by atoms with E-state index in [1.165, 1.54) is 0 Å². The van der Waals surface area contributed by atoms with Crippen molar-refractivity contribution in [1.82, 2.24) is 14.9 Å². The molecule has 1 aromatic heterocycles. The molecule has 1 aliphatic rings. The van der Waals surface area contributed by atoms with E-state index in [1.54, 1.807) is 12.5 Å². The van der Waals surface area contributed by atoms with Crippen molar-refractivity contribution >= 4 is 6.09 Å². The predicted octanol–water partition coefficient (Wildman–Crippen LogP) is 2.82. The van der Waals surface area contributed by atoms with Gasteiger partial charge in [-0.1, -0.05) is 0 Å². The zero-order valence-electron chi connectivity index (χ0n) is 13.4. The maximum absolute atomic E-state index is 11.9. The van der Waals surface area contributed by atoms with Crippen LogP contribution in [0, 0.1) is 0 Å². The van der Waals surface area contributed by atoms with Gasteiger partial charge in [-0.2, -0.15) is 0 Å². The van der Waals surface area contributed by atoms with Gasteiger partial charge in [-0.05, 0) is 41.0 Å². The van der Waals surface area contributed by atoms with Gasteiger partial charge in [0.2, 0.25) is 0 Å². The zero-order valence-corrected chi connectivity index (χ0v) is 13.4. The second-order valence-electron chi connectivity index (χ2n) is 6.53. The second kappa shape index (κ2) is 6.05. The van der Waals surface area contributed by atoms with E-state index < -0.39 is 11.7 Å². The first-order chi connectivity index (χ1) is 9.78. The summed E-state index contributed by atoms with van der Waals surface area (Å²) in [5.41, 5.74) is 0.459. The average Bonchev–Trinajstić information content (AvgIpc) is 2.93. The topological polar surface area (TPSA) is 65.4 Å². The molecule has 1 N–H and O–H groups in total. The van der Waals surface area contributed by atoms with E-state index in [0.29, 0.717) is 0 Å². The van der Waals surface area contributed by atoms with Gasteiger partial charge in [-0.3, -0.25) is 0 Å². The molecule has 1 amide bonds. The molecule has 1 aromatic rings. The third kappa shape index (κ3) is 3.97. The molecule has 3 atom stereocenters. The van der Waals surface area contributed by atoms with Crippen molar-refractivity contribution in [3.63, 3.8) is 0 Å². The summed E-state index contributed by atoms with van der Waals surface area (Å²) in [6.45, 7) is 10.3. The first kappa shape index (κ1) is 15.8. The van der Waals surface area contributed by atoms with Gasteiger partial charge in [-0.15, -0.1) is 0 Å². The highest BCUT2D eigenvalue weighted by Gasteiger charge is 2.29. The highest BCUT2D eigenvalue weighted by atomic mass is 16.6. The third-order valence-corrected chi connectivity index (χ3v) is 3.57. The number of hydrogen-bond acceptors (Lipinski definition) is 4. The van der Waals surface area contributed by atoms with Gasteiger partial charge in [-0.25, -0.2) is 9.78 Å². The van der Waals surface area contributed by atoms with Crippen LogP contribution in [0.1, 0.15) is 58.8 Å². The Labute approximate surface area is 125 Å². The Kier molecular flexibility index (Phi) is 4.56. The number of aromatic nitrogens is 2. The van der Waals surface area contributed by atoms with Crippen LogP contribution >= 0.6 is 0 Å². The number of imidazole rings is 1. The standard InChI is InChI=1S/C15H25N3O3/c1-10(17-14(19)21-15(3,4)5)13-8-16-9-18(13)12-6-7-20-11(12)2/h8-12H,6-7H2,1-5H3,(H,17,19)/t10-,11?,12?/m0/s1. The number of rotatable bonds is 3. The Morgan fingerprint density at radius 1 is 1.57 bits per heavy atom. The fourth-order valence-electron chi connectivity index (χ4n) is 2.57. The Morgan fingerprint density at radius 3 is 2.86 bits per heavy atom. The Bertz CT molecular complexity index is 493. The number of carbonyl (C=O) groups is 1. The van der Waals surface area contributed by atoms with Crippen molar-refractivity contribution in [3.05, 3.63) is 18.2 Å². The second-order valence-corrected chi connectivity index (χ2v) is 6.53. The van der Waals surface area contributed by atoms with Crippen LogP contribution in [0.2, 0.25) is 0 Å². The molecule has 1 fully saturated rings. The number of carbonyl (C=O) groups excluding carboxylic acids is 1. The van der Waals surface area contributed by atoms with Crippen LogP contribution in [0.15, 0.2) is 12.5 Å². The van der Waals surface area contributed by atoms with Crippen LogP contribution in [0.5, 0.6) is 0 Å². The van der Waals surface area contributed by atoms with Crippen molar-refractivity contribution in [1.29, 1.82) is 0 Å². The van der Waals surface area contributed by atoms with Gasteiger partial charge in [0, 0.05) is 6.61 Å². The van der Waals surface area contributed by atoms with E-state index in [-0.39, 0.29) is 18.2 Å². The molecular formula is C15H25N3O3. The van der Waals surface area contributed by atoms with Crippen molar-refractivity contribution < 1.29 is 14.3 Å². The number of nitrogens with zero attached hydrogens (tertiary/aromatic N) is 2. The number of amides is 1. The SMILES string of the molecule is CC1OCCC1n1cncc1[C@H](C)NC(=O)OC(C)(C)C. The molecule has 2 rings (SSSR count). The maximum atomic E-state index is 11.9. The molecule has 21 heavy (non-hydrogen) atoms. The van der Waals surface area contributed by atoms with Gasteiger partial charge in [0.1, 0.15) is 5.60 Å². The van der Waals surface area contributed by atoms with Crippen LogP contribution in [0.3, 0.4) is 0 Å². The molecule has 0 spiro atoms. The van der Waals surface area contributed by atoms with Gasteiger partial charge >= 0.3 is 6.09 Å². The minimum atomic E-state index is -0.502. The van der Waals surface area contributed by atoms with Gasteiger partial charge in [0.05, 0.1) is 36.4 Å². The van der Waals surface area contributed by atoms with Crippen LogP contribution in [-0.2, 0) is 9.47 Å². The molecule has 0 radical (unpaired) electrons. The van der Waals surface area contributed by atoms with E-state index in [4.69, 9.17) is 9.47 Å². The fourth-order valence-corrected chi connectivity index (χ4v) is 2.57. The number of alkyl carbamates (subject to hydrolysis) is 1. The summed E-state index contributed by atoms with van der Waals surface area (Å²) in [5.74, 6) is 0. The van der Waals surface area contributed by atoms with E-state index >= 15 is 0 Å². The van der Waals surface area contributed by atoms with Crippen molar-refractivity contribution in [2.75, 3.05) is 6.61 Å². The fraction of sp³-hybridized carbons (Fsp3) is 0.733. The summed E-state index contributed by atoms with van der Waals surface area (Å²) >= 11 is 0. The molecule has 0 bridgehead atoms. The van der Waals surface area contributed by atoms with Crippen LogP contribution in [-0.4, -0.2) is 34.0 Å². The molecule has 118 valence electrons. The van der Waals surface area contributed by atoms with Crippen LogP contribution in [0.25, 0.3) is 0 Å². The molecule has 2 heterocycles. The molecule has 0 aliphatic carbocycles. The Morgan fingerprint density at radius 2 is 2.29 bits per heavy atom. The maximum Gasteiger partial charge on any atom is 0.408 e.